The number of hydrogen-bond donors (Lipinski definition) is 2. The molecular weight excluding hydrogens is 297 g/mol. The van der Waals surface area contributed by atoms with E-state index in [0.29, 0.717) is 5.82 Å². The summed E-state index contributed by atoms with van der Waals surface area (Å²) in [6, 6.07) is 4.40. The van der Waals surface area contributed by atoms with Crippen molar-refractivity contribution in [3.63, 3.8) is 0 Å². The molecule has 0 aliphatic heterocycles. The lowest BCUT2D eigenvalue weighted by Crippen LogP contribution is -2.10. The maximum atomic E-state index is 13.8. The van der Waals surface area contributed by atoms with Gasteiger partial charge in [0.05, 0.1) is 22.6 Å². The molecule has 2 N–H and O–H groups in total. The van der Waals surface area contributed by atoms with Gasteiger partial charge >= 0.3 is 5.97 Å². The van der Waals surface area contributed by atoms with Crippen LogP contribution in [0.1, 0.15) is 36.1 Å². The van der Waals surface area contributed by atoms with E-state index in [1.807, 2.05) is 13.8 Å². The van der Waals surface area contributed by atoms with E-state index in [0.717, 1.165) is 0 Å². The second kappa shape index (κ2) is 6.05. The monoisotopic (exact) mass is 309 g/mol. The van der Waals surface area contributed by atoms with Crippen LogP contribution >= 0.6 is 11.6 Å². The van der Waals surface area contributed by atoms with Crippen molar-refractivity contribution in [2.24, 2.45) is 0 Å². The van der Waals surface area contributed by atoms with Gasteiger partial charge in [0, 0.05) is 5.92 Å². The SMILES string of the molecule is CC(C)c1ncc(Nc2cccc(Cl)c2F)c(C(=O)O)n1. The molecule has 0 atom stereocenters. The molecular formula is C14H13ClFN3O2. The Kier molecular flexibility index (Phi) is 4.37. The normalized spacial score (nSPS) is 10.7. The van der Waals surface area contributed by atoms with Crippen LogP contribution in [0.2, 0.25) is 5.02 Å². The van der Waals surface area contributed by atoms with Gasteiger partial charge in [-0.15, -0.1) is 0 Å². The van der Waals surface area contributed by atoms with E-state index < -0.39 is 11.8 Å². The Labute approximate surface area is 125 Å². The van der Waals surface area contributed by atoms with Crippen LogP contribution in [0, 0.1) is 5.82 Å². The van der Waals surface area contributed by atoms with Crippen molar-refractivity contribution in [1.29, 1.82) is 0 Å². The van der Waals surface area contributed by atoms with Gasteiger partial charge in [-0.1, -0.05) is 31.5 Å². The fourth-order valence-electron chi connectivity index (χ4n) is 1.67. The summed E-state index contributed by atoms with van der Waals surface area (Å²) >= 11 is 5.69. The van der Waals surface area contributed by atoms with E-state index in [-0.39, 0.29) is 28.0 Å². The predicted molar refractivity (Wildman–Crippen MR) is 77.8 cm³/mol. The zero-order valence-electron chi connectivity index (χ0n) is 11.4. The van der Waals surface area contributed by atoms with E-state index in [9.17, 15) is 14.3 Å². The van der Waals surface area contributed by atoms with Gasteiger partial charge < -0.3 is 10.4 Å². The highest BCUT2D eigenvalue weighted by atomic mass is 35.5. The van der Waals surface area contributed by atoms with Gasteiger partial charge in [0.2, 0.25) is 0 Å². The molecule has 110 valence electrons. The molecule has 0 aliphatic rings. The molecule has 1 aromatic heterocycles. The molecule has 21 heavy (non-hydrogen) atoms. The van der Waals surface area contributed by atoms with Crippen molar-refractivity contribution in [2.45, 2.75) is 19.8 Å². The first kappa shape index (κ1) is 15.2. The number of carboxylic acids is 1. The van der Waals surface area contributed by atoms with Gasteiger partial charge in [-0.25, -0.2) is 19.2 Å². The topological polar surface area (TPSA) is 75.1 Å². The fraction of sp³-hybridized carbons (Fsp3) is 0.214. The summed E-state index contributed by atoms with van der Waals surface area (Å²) < 4.78 is 13.8. The van der Waals surface area contributed by atoms with Crippen molar-refractivity contribution in [3.05, 3.63) is 46.8 Å². The van der Waals surface area contributed by atoms with Crippen molar-refractivity contribution >= 4 is 28.9 Å². The Balaban J connectivity index is 2.44. The van der Waals surface area contributed by atoms with Crippen LogP contribution < -0.4 is 5.32 Å². The van der Waals surface area contributed by atoms with E-state index >= 15 is 0 Å². The van der Waals surface area contributed by atoms with Gasteiger partial charge in [0.1, 0.15) is 5.82 Å². The number of carboxylic acid groups (broad SMARTS) is 1. The summed E-state index contributed by atoms with van der Waals surface area (Å²) in [4.78, 5) is 19.4. The molecule has 0 saturated carbocycles. The fourth-order valence-corrected chi connectivity index (χ4v) is 1.85. The number of anilines is 2. The van der Waals surface area contributed by atoms with Gasteiger partial charge in [0.15, 0.2) is 11.5 Å². The molecule has 0 saturated heterocycles. The van der Waals surface area contributed by atoms with Crippen LogP contribution in [0.3, 0.4) is 0 Å². The van der Waals surface area contributed by atoms with E-state index in [4.69, 9.17) is 11.6 Å². The van der Waals surface area contributed by atoms with Crippen molar-refractivity contribution in [1.82, 2.24) is 9.97 Å². The number of rotatable bonds is 4. The molecule has 0 unspecified atom stereocenters. The Bertz CT molecular complexity index is 692. The Morgan fingerprint density at radius 3 is 2.71 bits per heavy atom. The van der Waals surface area contributed by atoms with Crippen molar-refractivity contribution in [2.75, 3.05) is 5.32 Å². The minimum Gasteiger partial charge on any atom is -0.476 e. The number of nitrogens with one attached hydrogen (secondary N) is 1. The average molecular weight is 310 g/mol. The third kappa shape index (κ3) is 3.28. The second-order valence-electron chi connectivity index (χ2n) is 4.68. The maximum Gasteiger partial charge on any atom is 0.356 e. The van der Waals surface area contributed by atoms with Crippen LogP contribution in [0.15, 0.2) is 24.4 Å². The minimum atomic E-state index is -1.22. The smallest absolute Gasteiger partial charge is 0.356 e. The summed E-state index contributed by atoms with van der Waals surface area (Å²) in [6.45, 7) is 3.70. The van der Waals surface area contributed by atoms with Gasteiger partial charge in [-0.3, -0.25) is 0 Å². The van der Waals surface area contributed by atoms with Gasteiger partial charge in [-0.05, 0) is 12.1 Å². The average Bonchev–Trinajstić information content (AvgIpc) is 2.43. The summed E-state index contributed by atoms with van der Waals surface area (Å²) in [6.07, 6.45) is 1.33. The number of aromatic nitrogens is 2. The minimum absolute atomic E-state index is 0.0138. The number of nitrogens with zero attached hydrogens (tertiary/aromatic N) is 2. The summed E-state index contributed by atoms with van der Waals surface area (Å²) in [5.41, 5.74) is -0.0490. The molecule has 7 heteroatoms. The highest BCUT2D eigenvalue weighted by Gasteiger charge is 2.17. The molecule has 1 aromatic carbocycles. The Morgan fingerprint density at radius 2 is 2.10 bits per heavy atom. The zero-order valence-corrected chi connectivity index (χ0v) is 12.1. The van der Waals surface area contributed by atoms with E-state index in [1.54, 1.807) is 6.07 Å². The molecule has 0 radical (unpaired) electrons. The lowest BCUT2D eigenvalue weighted by Gasteiger charge is -2.12. The molecule has 1 heterocycles. The van der Waals surface area contributed by atoms with E-state index in [2.05, 4.69) is 15.3 Å². The van der Waals surface area contributed by atoms with Gasteiger partial charge in [0.25, 0.3) is 0 Å². The van der Waals surface area contributed by atoms with Crippen LogP contribution in [0.5, 0.6) is 0 Å². The van der Waals surface area contributed by atoms with Crippen LogP contribution in [0.4, 0.5) is 15.8 Å². The Hall–Kier alpha value is -2.21. The summed E-state index contributed by atoms with van der Waals surface area (Å²) in [5.74, 6) is -1.49. The molecule has 5 nitrogen and oxygen atoms in total. The molecule has 0 aliphatic carbocycles. The summed E-state index contributed by atoms with van der Waals surface area (Å²) in [5, 5.41) is 11.8. The highest BCUT2D eigenvalue weighted by Crippen LogP contribution is 2.26. The largest absolute Gasteiger partial charge is 0.476 e. The lowest BCUT2D eigenvalue weighted by molar-refractivity contribution is 0.0691. The third-order valence-corrected chi connectivity index (χ3v) is 3.04. The van der Waals surface area contributed by atoms with E-state index in [1.165, 1.54) is 18.3 Å². The number of carbonyl (C=O) groups is 1. The first-order valence-corrected chi connectivity index (χ1v) is 6.59. The number of hydrogen-bond acceptors (Lipinski definition) is 4. The first-order chi connectivity index (χ1) is 9.90. The van der Waals surface area contributed by atoms with Crippen LogP contribution in [0.25, 0.3) is 0 Å². The molecule has 0 bridgehead atoms. The summed E-state index contributed by atoms with van der Waals surface area (Å²) in [7, 11) is 0. The quantitative estimate of drug-likeness (QED) is 0.897. The third-order valence-electron chi connectivity index (χ3n) is 2.75. The van der Waals surface area contributed by atoms with Crippen LogP contribution in [-0.2, 0) is 0 Å². The molecule has 0 amide bonds. The first-order valence-electron chi connectivity index (χ1n) is 6.21. The lowest BCUT2D eigenvalue weighted by atomic mass is 10.2. The van der Waals surface area contributed by atoms with Crippen molar-refractivity contribution < 1.29 is 14.3 Å². The number of aromatic carboxylic acids is 1. The standard InChI is InChI=1S/C14H13ClFN3O2/c1-7(2)13-17-6-10(12(19-13)14(20)21)18-9-5-3-4-8(15)11(9)16/h3-7,18H,1-2H3,(H,20,21). The molecule has 2 rings (SSSR count). The molecule has 0 fully saturated rings. The second-order valence-corrected chi connectivity index (χ2v) is 5.08. The van der Waals surface area contributed by atoms with Crippen molar-refractivity contribution in [3.8, 4) is 0 Å². The van der Waals surface area contributed by atoms with Crippen LogP contribution in [-0.4, -0.2) is 21.0 Å². The number of benzene rings is 1. The van der Waals surface area contributed by atoms with Gasteiger partial charge in [-0.2, -0.15) is 0 Å². The molecule has 0 spiro atoms. The highest BCUT2D eigenvalue weighted by molar-refractivity contribution is 6.31. The Morgan fingerprint density at radius 1 is 1.38 bits per heavy atom. The maximum absolute atomic E-state index is 13.8. The molecule has 2 aromatic rings. The zero-order chi connectivity index (χ0) is 15.6. The predicted octanol–water partition coefficient (Wildman–Crippen LogP) is 3.83. The number of halogens is 2.